The summed E-state index contributed by atoms with van der Waals surface area (Å²) in [6.07, 6.45) is 7.12. The fourth-order valence-corrected chi connectivity index (χ4v) is 6.67. The minimum absolute atomic E-state index is 0.0260. The number of Topliss-reactive ketones (excluding diaryl/α,β-unsaturated/α-hetero) is 1. The van der Waals surface area contributed by atoms with Crippen LogP contribution in [-0.4, -0.2) is 26.7 Å². The standard InChI is InChI=1S/C20H21N3O4S/c24-17(20-8-12-4-13(9-20)6-14(5-12)10-20)11-28-19-22-21-18(27-19)15-2-1-3-16(7-15)23(25)26/h1-3,7,12-14H,4-6,8-11H2. The van der Waals surface area contributed by atoms with Gasteiger partial charge in [-0.05, 0) is 62.3 Å². The Labute approximate surface area is 166 Å². The number of benzene rings is 1. The summed E-state index contributed by atoms with van der Waals surface area (Å²) < 4.78 is 5.64. The number of rotatable bonds is 6. The number of thioether (sulfide) groups is 1. The third-order valence-electron chi connectivity index (χ3n) is 6.67. The molecule has 2 aromatic rings. The predicted molar refractivity (Wildman–Crippen MR) is 103 cm³/mol. The molecule has 0 atom stereocenters. The van der Waals surface area contributed by atoms with E-state index in [9.17, 15) is 14.9 Å². The average Bonchev–Trinajstić information content (AvgIpc) is 3.14. The smallest absolute Gasteiger partial charge is 0.277 e. The molecule has 0 aliphatic heterocycles. The number of nitrogens with zero attached hydrogens (tertiary/aromatic N) is 3. The fraction of sp³-hybridized carbons (Fsp3) is 0.550. The quantitative estimate of drug-likeness (QED) is 0.400. The normalized spacial score (nSPS) is 30.5. The van der Waals surface area contributed by atoms with Crippen molar-refractivity contribution in [1.29, 1.82) is 0 Å². The van der Waals surface area contributed by atoms with Crippen LogP contribution >= 0.6 is 11.8 Å². The van der Waals surface area contributed by atoms with Crippen LogP contribution in [0.15, 0.2) is 33.9 Å². The van der Waals surface area contributed by atoms with E-state index in [1.165, 1.54) is 43.2 Å². The largest absolute Gasteiger partial charge is 0.411 e. The van der Waals surface area contributed by atoms with Crippen LogP contribution in [0.25, 0.3) is 11.5 Å². The van der Waals surface area contributed by atoms with Gasteiger partial charge in [0.25, 0.3) is 10.9 Å². The molecule has 0 spiro atoms. The van der Waals surface area contributed by atoms with Gasteiger partial charge in [0.15, 0.2) is 0 Å². The van der Waals surface area contributed by atoms with Crippen LogP contribution in [0.3, 0.4) is 0 Å². The number of hydrogen-bond acceptors (Lipinski definition) is 7. The van der Waals surface area contributed by atoms with Crippen LogP contribution in [0.1, 0.15) is 38.5 Å². The molecular formula is C20H21N3O4S. The van der Waals surface area contributed by atoms with Gasteiger partial charge in [-0.3, -0.25) is 14.9 Å². The van der Waals surface area contributed by atoms with Gasteiger partial charge in [-0.1, -0.05) is 17.8 Å². The second-order valence-electron chi connectivity index (χ2n) is 8.59. The number of non-ortho nitro benzene ring substituents is 1. The second-order valence-corrected chi connectivity index (χ2v) is 9.52. The van der Waals surface area contributed by atoms with Gasteiger partial charge in [-0.15, -0.1) is 10.2 Å². The van der Waals surface area contributed by atoms with E-state index in [-0.39, 0.29) is 17.0 Å². The van der Waals surface area contributed by atoms with Gasteiger partial charge in [0.05, 0.1) is 10.7 Å². The molecule has 1 heterocycles. The molecule has 8 heteroatoms. The summed E-state index contributed by atoms with van der Waals surface area (Å²) in [5, 5.41) is 19.3. The van der Waals surface area contributed by atoms with Gasteiger partial charge < -0.3 is 4.42 Å². The highest BCUT2D eigenvalue weighted by molar-refractivity contribution is 7.99. The Bertz CT molecular complexity index is 906. The Morgan fingerprint density at radius 2 is 1.86 bits per heavy atom. The van der Waals surface area contributed by atoms with Gasteiger partial charge in [0.2, 0.25) is 5.89 Å². The van der Waals surface area contributed by atoms with Crippen molar-refractivity contribution < 1.29 is 14.1 Å². The molecule has 1 aromatic carbocycles. The lowest BCUT2D eigenvalue weighted by molar-refractivity contribution is -0.384. The molecule has 4 saturated carbocycles. The van der Waals surface area contributed by atoms with Crippen LogP contribution in [0, 0.1) is 33.3 Å². The molecule has 0 amide bonds. The molecule has 6 rings (SSSR count). The Balaban J connectivity index is 1.26. The molecule has 0 N–H and O–H groups in total. The topological polar surface area (TPSA) is 99.1 Å². The molecule has 7 nitrogen and oxygen atoms in total. The predicted octanol–water partition coefficient (Wildman–Crippen LogP) is 4.52. The zero-order valence-electron chi connectivity index (χ0n) is 15.4. The van der Waals surface area contributed by atoms with Crippen molar-refractivity contribution in [1.82, 2.24) is 10.2 Å². The van der Waals surface area contributed by atoms with Gasteiger partial charge in [0, 0.05) is 23.1 Å². The van der Waals surface area contributed by atoms with Crippen molar-refractivity contribution in [2.24, 2.45) is 23.2 Å². The first-order valence-corrected chi connectivity index (χ1v) is 10.7. The number of aromatic nitrogens is 2. The number of nitro benzene ring substituents is 1. The zero-order chi connectivity index (χ0) is 19.3. The van der Waals surface area contributed by atoms with Crippen molar-refractivity contribution >= 4 is 23.2 Å². The molecule has 0 saturated heterocycles. The highest BCUT2D eigenvalue weighted by Crippen LogP contribution is 2.60. The summed E-state index contributed by atoms with van der Waals surface area (Å²) in [6, 6.07) is 6.10. The summed E-state index contributed by atoms with van der Waals surface area (Å²) in [5.74, 6) is 3.13. The SMILES string of the molecule is O=C(CSc1nnc(-c2cccc([N+](=O)[O-])c2)o1)C12CC3CC(CC(C3)C1)C2. The maximum Gasteiger partial charge on any atom is 0.277 e. The summed E-state index contributed by atoms with van der Waals surface area (Å²) in [6.45, 7) is 0. The minimum Gasteiger partial charge on any atom is -0.411 e. The second kappa shape index (κ2) is 6.69. The number of hydrogen-bond donors (Lipinski definition) is 0. The Morgan fingerprint density at radius 3 is 2.50 bits per heavy atom. The first-order chi connectivity index (χ1) is 13.5. The Morgan fingerprint density at radius 1 is 1.18 bits per heavy atom. The molecule has 0 unspecified atom stereocenters. The van der Waals surface area contributed by atoms with Gasteiger partial charge >= 0.3 is 0 Å². The first-order valence-electron chi connectivity index (χ1n) is 9.75. The molecule has 4 fully saturated rings. The molecule has 28 heavy (non-hydrogen) atoms. The fourth-order valence-electron chi connectivity index (χ4n) is 5.87. The van der Waals surface area contributed by atoms with Gasteiger partial charge in [-0.2, -0.15) is 0 Å². The number of carbonyl (C=O) groups excluding carboxylic acids is 1. The minimum atomic E-state index is -0.459. The highest BCUT2D eigenvalue weighted by Gasteiger charge is 2.54. The lowest BCUT2D eigenvalue weighted by atomic mass is 9.48. The van der Waals surface area contributed by atoms with Crippen LogP contribution in [0.4, 0.5) is 5.69 Å². The summed E-state index contributed by atoms with van der Waals surface area (Å²) in [7, 11) is 0. The van der Waals surface area contributed by atoms with Crippen LogP contribution in [-0.2, 0) is 4.79 Å². The van der Waals surface area contributed by atoms with Crippen molar-refractivity contribution in [2.45, 2.75) is 43.7 Å². The van der Waals surface area contributed by atoms with Crippen molar-refractivity contribution in [2.75, 3.05) is 5.75 Å². The molecule has 146 valence electrons. The third kappa shape index (κ3) is 3.13. The zero-order valence-corrected chi connectivity index (χ0v) is 16.2. The lowest BCUT2D eigenvalue weighted by Crippen LogP contribution is -2.50. The highest BCUT2D eigenvalue weighted by atomic mass is 32.2. The van der Waals surface area contributed by atoms with Crippen molar-refractivity contribution in [3.05, 3.63) is 34.4 Å². The van der Waals surface area contributed by atoms with E-state index in [2.05, 4.69) is 10.2 Å². The van der Waals surface area contributed by atoms with Crippen molar-refractivity contribution in [3.8, 4) is 11.5 Å². The van der Waals surface area contributed by atoms with E-state index in [0.29, 0.717) is 22.3 Å². The summed E-state index contributed by atoms with van der Waals surface area (Å²) in [5.41, 5.74) is 0.354. The van der Waals surface area contributed by atoms with Gasteiger partial charge in [-0.25, -0.2) is 0 Å². The maximum atomic E-state index is 13.1. The number of carbonyl (C=O) groups is 1. The van der Waals surface area contributed by atoms with E-state index in [4.69, 9.17) is 4.42 Å². The monoisotopic (exact) mass is 399 g/mol. The number of nitro groups is 1. The van der Waals surface area contributed by atoms with E-state index in [1.807, 2.05) is 0 Å². The molecule has 4 bridgehead atoms. The molecule has 4 aliphatic carbocycles. The van der Waals surface area contributed by atoms with E-state index in [0.717, 1.165) is 37.0 Å². The third-order valence-corrected chi connectivity index (χ3v) is 7.49. The van der Waals surface area contributed by atoms with E-state index < -0.39 is 4.92 Å². The van der Waals surface area contributed by atoms with E-state index in [1.54, 1.807) is 12.1 Å². The lowest BCUT2D eigenvalue weighted by Gasteiger charge is -2.55. The Kier molecular flexibility index (Phi) is 4.26. The molecular weight excluding hydrogens is 378 g/mol. The average molecular weight is 399 g/mol. The summed E-state index contributed by atoms with van der Waals surface area (Å²) in [4.78, 5) is 23.5. The molecule has 4 aliphatic rings. The maximum absolute atomic E-state index is 13.1. The summed E-state index contributed by atoms with van der Waals surface area (Å²) >= 11 is 1.28. The number of ketones is 1. The molecule has 0 radical (unpaired) electrons. The Hall–Kier alpha value is -2.22. The van der Waals surface area contributed by atoms with E-state index >= 15 is 0 Å². The van der Waals surface area contributed by atoms with Crippen LogP contribution in [0.5, 0.6) is 0 Å². The van der Waals surface area contributed by atoms with Crippen LogP contribution < -0.4 is 0 Å². The van der Waals surface area contributed by atoms with Crippen LogP contribution in [0.2, 0.25) is 0 Å². The first kappa shape index (κ1) is 17.8. The van der Waals surface area contributed by atoms with Crippen molar-refractivity contribution in [3.63, 3.8) is 0 Å². The molecule has 1 aromatic heterocycles. The van der Waals surface area contributed by atoms with Gasteiger partial charge in [0.1, 0.15) is 5.78 Å².